The van der Waals surface area contributed by atoms with Gasteiger partial charge in [0.1, 0.15) is 17.6 Å². The molecule has 0 spiro atoms. The van der Waals surface area contributed by atoms with Gasteiger partial charge in [-0.15, -0.1) is 0 Å². The fourth-order valence-electron chi connectivity index (χ4n) is 2.46. The number of ether oxygens (including phenoxy) is 2. The van der Waals surface area contributed by atoms with E-state index in [1.807, 2.05) is 0 Å². The minimum absolute atomic E-state index is 0.159. The lowest BCUT2D eigenvalue weighted by Gasteiger charge is -2.33. The highest BCUT2D eigenvalue weighted by Gasteiger charge is 2.47. The number of rotatable bonds is 3. The van der Waals surface area contributed by atoms with Crippen LogP contribution in [0.2, 0.25) is 0 Å². The van der Waals surface area contributed by atoms with Gasteiger partial charge in [0.05, 0.1) is 19.8 Å². The molecule has 1 saturated heterocycles. The Hall–Kier alpha value is -1.79. The smallest absolute Gasteiger partial charge is 0.410 e. The van der Waals surface area contributed by atoms with Crippen molar-refractivity contribution < 1.29 is 24.5 Å². The Balaban J connectivity index is 2.23. The minimum Gasteiger partial charge on any atom is -0.497 e. The number of methoxy groups -OCH3 is 1. The van der Waals surface area contributed by atoms with Crippen LogP contribution < -0.4 is 4.74 Å². The Morgan fingerprint density at radius 3 is 2.55 bits per heavy atom. The van der Waals surface area contributed by atoms with E-state index in [1.165, 1.54) is 0 Å². The molecule has 110 valence electrons. The van der Waals surface area contributed by atoms with Gasteiger partial charge in [-0.05, 0) is 31.5 Å². The highest BCUT2D eigenvalue weighted by Crippen LogP contribution is 2.34. The summed E-state index contributed by atoms with van der Waals surface area (Å²) in [5.41, 5.74) is -0.312. The fourth-order valence-corrected chi connectivity index (χ4v) is 2.46. The van der Waals surface area contributed by atoms with Crippen LogP contribution in [0.25, 0.3) is 0 Å². The Labute approximate surface area is 117 Å². The summed E-state index contributed by atoms with van der Waals surface area (Å²) in [6, 6.07) is 6.26. The summed E-state index contributed by atoms with van der Waals surface area (Å²) in [6.07, 6.45) is -2.05. The predicted octanol–water partition coefficient (Wildman–Crippen LogP) is 1.84. The highest BCUT2D eigenvalue weighted by atomic mass is 16.5. The van der Waals surface area contributed by atoms with E-state index in [9.17, 15) is 15.0 Å². The number of amides is 1. The molecule has 2 unspecified atom stereocenters. The number of hydrogen-bond donors (Lipinski definition) is 2. The van der Waals surface area contributed by atoms with Gasteiger partial charge < -0.3 is 19.7 Å². The van der Waals surface area contributed by atoms with Gasteiger partial charge in [0.2, 0.25) is 0 Å². The molecule has 1 heterocycles. The zero-order valence-electron chi connectivity index (χ0n) is 11.7. The number of carboxylic acid groups (broad SMARTS) is 1. The van der Waals surface area contributed by atoms with Crippen LogP contribution in [0.15, 0.2) is 24.3 Å². The number of nitrogens with zero attached hydrogens (tertiary/aromatic N) is 1. The molecule has 2 atom stereocenters. The number of aliphatic hydroxyl groups is 1. The van der Waals surface area contributed by atoms with E-state index in [4.69, 9.17) is 9.47 Å². The Morgan fingerprint density at radius 1 is 1.45 bits per heavy atom. The largest absolute Gasteiger partial charge is 0.497 e. The van der Waals surface area contributed by atoms with E-state index in [0.29, 0.717) is 11.3 Å². The average Bonchev–Trinajstić information content (AvgIpc) is 2.73. The third kappa shape index (κ3) is 2.57. The lowest BCUT2D eigenvalue weighted by atomic mass is 10.0. The monoisotopic (exact) mass is 281 g/mol. The molecule has 1 aliphatic heterocycles. The topological polar surface area (TPSA) is 79.2 Å². The number of aliphatic hydroxyl groups excluding tert-OH is 1. The van der Waals surface area contributed by atoms with Crippen molar-refractivity contribution in [1.29, 1.82) is 0 Å². The minimum atomic E-state index is -1.11. The summed E-state index contributed by atoms with van der Waals surface area (Å²) >= 11 is 0. The molecule has 0 radical (unpaired) electrons. The first-order valence-electron chi connectivity index (χ1n) is 6.35. The van der Waals surface area contributed by atoms with Gasteiger partial charge in [0.25, 0.3) is 0 Å². The van der Waals surface area contributed by atoms with Crippen LogP contribution in [-0.2, 0) is 4.74 Å². The van der Waals surface area contributed by atoms with Crippen LogP contribution in [-0.4, -0.2) is 46.7 Å². The molecule has 1 amide bonds. The Morgan fingerprint density at radius 2 is 2.05 bits per heavy atom. The summed E-state index contributed by atoms with van der Waals surface area (Å²) < 4.78 is 10.5. The molecule has 20 heavy (non-hydrogen) atoms. The third-order valence-electron chi connectivity index (χ3n) is 3.55. The Kier molecular flexibility index (Phi) is 3.87. The fraction of sp³-hybridized carbons (Fsp3) is 0.500. The van der Waals surface area contributed by atoms with Crippen molar-refractivity contribution in [2.24, 2.45) is 0 Å². The molecule has 0 aromatic heterocycles. The lowest BCUT2D eigenvalue weighted by molar-refractivity contribution is -0.0466. The summed E-state index contributed by atoms with van der Waals surface area (Å²) in [5, 5.41) is 19.7. The maximum atomic E-state index is 11.4. The lowest BCUT2D eigenvalue weighted by Crippen LogP contribution is -2.49. The molecule has 1 fully saturated rings. The van der Waals surface area contributed by atoms with Gasteiger partial charge in [0, 0.05) is 0 Å². The van der Waals surface area contributed by atoms with Gasteiger partial charge in [-0.2, -0.15) is 0 Å². The molecule has 1 aromatic carbocycles. The van der Waals surface area contributed by atoms with Crippen molar-refractivity contribution in [2.45, 2.75) is 31.7 Å². The van der Waals surface area contributed by atoms with Crippen LogP contribution in [0.4, 0.5) is 4.79 Å². The Bertz CT molecular complexity index is 485. The van der Waals surface area contributed by atoms with E-state index in [0.717, 1.165) is 4.90 Å². The van der Waals surface area contributed by atoms with Crippen molar-refractivity contribution in [3.05, 3.63) is 29.8 Å². The molecule has 1 aromatic rings. The second kappa shape index (κ2) is 5.30. The van der Waals surface area contributed by atoms with Crippen LogP contribution in [0.5, 0.6) is 5.75 Å². The number of benzene rings is 1. The van der Waals surface area contributed by atoms with Crippen molar-refractivity contribution in [3.8, 4) is 5.75 Å². The van der Waals surface area contributed by atoms with Crippen molar-refractivity contribution in [3.63, 3.8) is 0 Å². The first-order valence-corrected chi connectivity index (χ1v) is 6.35. The molecular formula is C14H19NO5. The first kappa shape index (κ1) is 14.6. The normalized spacial score (nSPS) is 22.6. The molecule has 2 N–H and O–H groups in total. The predicted molar refractivity (Wildman–Crippen MR) is 71.6 cm³/mol. The van der Waals surface area contributed by atoms with Crippen molar-refractivity contribution in [1.82, 2.24) is 4.90 Å². The average molecular weight is 281 g/mol. The zero-order valence-corrected chi connectivity index (χ0v) is 11.7. The van der Waals surface area contributed by atoms with Crippen molar-refractivity contribution in [2.75, 3.05) is 13.7 Å². The standard InChI is InChI=1S/C14H19NO5/c1-14(2)15(13(17)18)11(8-20-14)12(16)9-4-6-10(19-3)7-5-9/h4-7,11-12,16H,8H2,1-3H3,(H,17,18). The molecule has 2 rings (SSSR count). The van der Waals surface area contributed by atoms with Crippen molar-refractivity contribution >= 4 is 6.09 Å². The summed E-state index contributed by atoms with van der Waals surface area (Å²) in [4.78, 5) is 12.5. The maximum Gasteiger partial charge on any atom is 0.410 e. The van der Waals surface area contributed by atoms with E-state index in [2.05, 4.69) is 0 Å². The van der Waals surface area contributed by atoms with Gasteiger partial charge in [-0.1, -0.05) is 12.1 Å². The number of carbonyl (C=O) groups is 1. The van der Waals surface area contributed by atoms with Gasteiger partial charge in [-0.25, -0.2) is 4.79 Å². The molecule has 0 aliphatic carbocycles. The van der Waals surface area contributed by atoms with E-state index in [1.54, 1.807) is 45.2 Å². The van der Waals surface area contributed by atoms with Crippen LogP contribution in [0, 0.1) is 0 Å². The van der Waals surface area contributed by atoms with Crippen LogP contribution >= 0.6 is 0 Å². The summed E-state index contributed by atoms with van der Waals surface area (Å²) in [7, 11) is 1.56. The van der Waals surface area contributed by atoms with E-state index >= 15 is 0 Å². The van der Waals surface area contributed by atoms with E-state index in [-0.39, 0.29) is 6.61 Å². The van der Waals surface area contributed by atoms with Gasteiger partial charge in [0.15, 0.2) is 0 Å². The van der Waals surface area contributed by atoms with Gasteiger partial charge >= 0.3 is 6.09 Å². The first-order chi connectivity index (χ1) is 9.36. The quantitative estimate of drug-likeness (QED) is 0.883. The second-order valence-corrected chi connectivity index (χ2v) is 5.20. The molecule has 1 aliphatic rings. The second-order valence-electron chi connectivity index (χ2n) is 5.20. The summed E-state index contributed by atoms with van der Waals surface area (Å²) in [6.45, 7) is 3.50. The molecular weight excluding hydrogens is 262 g/mol. The molecule has 0 bridgehead atoms. The molecule has 6 nitrogen and oxygen atoms in total. The van der Waals surface area contributed by atoms with E-state index < -0.39 is 24.0 Å². The van der Waals surface area contributed by atoms with Gasteiger partial charge in [-0.3, -0.25) is 4.90 Å². The van der Waals surface area contributed by atoms with Crippen LogP contribution in [0.1, 0.15) is 25.5 Å². The third-order valence-corrected chi connectivity index (χ3v) is 3.55. The number of hydrogen-bond acceptors (Lipinski definition) is 4. The van der Waals surface area contributed by atoms with Crippen LogP contribution in [0.3, 0.4) is 0 Å². The SMILES string of the molecule is COc1ccc(C(O)C2COC(C)(C)N2C(=O)O)cc1. The highest BCUT2D eigenvalue weighted by molar-refractivity contribution is 5.67. The zero-order chi connectivity index (χ0) is 14.9. The molecule has 6 heteroatoms. The maximum absolute atomic E-state index is 11.4. The molecule has 0 saturated carbocycles. The summed E-state index contributed by atoms with van der Waals surface area (Å²) in [5.74, 6) is 0.680.